The number of hydrogen-bond donors (Lipinski definition) is 0. The number of likely N-dealkylation sites (tertiary alicyclic amines) is 1. The van der Waals surface area contributed by atoms with Gasteiger partial charge in [-0.3, -0.25) is 4.79 Å². The molecule has 1 fully saturated rings. The van der Waals surface area contributed by atoms with Crippen LogP contribution in [0.1, 0.15) is 36.0 Å². The molecule has 1 saturated heterocycles. The van der Waals surface area contributed by atoms with Crippen LogP contribution in [0.3, 0.4) is 0 Å². The second-order valence-corrected chi connectivity index (χ2v) is 6.13. The Kier molecular flexibility index (Phi) is 4.76. The molecule has 5 nitrogen and oxygen atoms in total. The molecule has 1 amide bonds. The summed E-state index contributed by atoms with van der Waals surface area (Å²) in [4.78, 5) is 18.5. The maximum atomic E-state index is 12.4. The van der Waals surface area contributed by atoms with Crippen LogP contribution in [-0.2, 0) is 4.79 Å². The maximum absolute atomic E-state index is 12.4. The van der Waals surface area contributed by atoms with Crippen LogP contribution < -0.4 is 0 Å². The van der Waals surface area contributed by atoms with Crippen LogP contribution in [0.25, 0.3) is 6.08 Å². The first-order valence-electron chi connectivity index (χ1n) is 7.64. The fourth-order valence-electron chi connectivity index (χ4n) is 2.74. The highest BCUT2D eigenvalue weighted by Crippen LogP contribution is 2.25. The van der Waals surface area contributed by atoms with Gasteiger partial charge in [-0.05, 0) is 43.5 Å². The lowest BCUT2D eigenvalue weighted by Gasteiger charge is -2.30. The molecule has 1 aromatic carbocycles. The summed E-state index contributed by atoms with van der Waals surface area (Å²) in [5, 5.41) is 4.49. The second kappa shape index (κ2) is 6.96. The van der Waals surface area contributed by atoms with Gasteiger partial charge < -0.3 is 9.42 Å². The lowest BCUT2D eigenvalue weighted by Crippen LogP contribution is -2.38. The third-order valence-electron chi connectivity index (χ3n) is 3.89. The van der Waals surface area contributed by atoms with Gasteiger partial charge >= 0.3 is 0 Å². The first-order chi connectivity index (χ1) is 11.1. The highest BCUT2D eigenvalue weighted by molar-refractivity contribution is 6.30. The Balaban J connectivity index is 1.65. The Morgan fingerprint density at radius 2 is 2.35 bits per heavy atom. The third kappa shape index (κ3) is 3.99. The van der Waals surface area contributed by atoms with Crippen LogP contribution >= 0.6 is 11.6 Å². The van der Waals surface area contributed by atoms with Crippen LogP contribution in [0.2, 0.25) is 5.02 Å². The van der Waals surface area contributed by atoms with E-state index in [9.17, 15) is 4.79 Å². The van der Waals surface area contributed by atoms with Gasteiger partial charge in [-0.25, -0.2) is 0 Å². The van der Waals surface area contributed by atoms with E-state index >= 15 is 0 Å². The van der Waals surface area contributed by atoms with Gasteiger partial charge in [0.05, 0.1) is 5.92 Å². The van der Waals surface area contributed by atoms with Gasteiger partial charge in [0.25, 0.3) is 0 Å². The summed E-state index contributed by atoms with van der Waals surface area (Å²) < 4.78 is 5.24. The van der Waals surface area contributed by atoms with E-state index in [0.717, 1.165) is 24.9 Å². The zero-order valence-electron chi connectivity index (χ0n) is 12.9. The quantitative estimate of drug-likeness (QED) is 0.808. The third-order valence-corrected chi connectivity index (χ3v) is 4.13. The molecule has 2 heterocycles. The lowest BCUT2D eigenvalue weighted by molar-refractivity contribution is -0.127. The first-order valence-corrected chi connectivity index (χ1v) is 8.02. The summed E-state index contributed by atoms with van der Waals surface area (Å²) >= 11 is 5.95. The minimum atomic E-state index is -0.00841. The molecule has 1 aliphatic rings. The molecule has 0 bridgehead atoms. The van der Waals surface area contributed by atoms with Crippen LogP contribution in [0.5, 0.6) is 0 Å². The molecule has 0 N–H and O–H groups in total. The minimum Gasteiger partial charge on any atom is -0.339 e. The van der Waals surface area contributed by atoms with E-state index in [0.29, 0.717) is 23.3 Å². The highest BCUT2D eigenvalue weighted by Gasteiger charge is 2.27. The van der Waals surface area contributed by atoms with Gasteiger partial charge in [0, 0.05) is 24.2 Å². The number of carbonyl (C=O) groups is 1. The Hall–Kier alpha value is -2.14. The molecule has 1 unspecified atom stereocenters. The number of halogens is 1. The average molecular weight is 332 g/mol. The van der Waals surface area contributed by atoms with Gasteiger partial charge in [-0.15, -0.1) is 0 Å². The molecule has 23 heavy (non-hydrogen) atoms. The SMILES string of the molecule is Cc1noc(C2CCCN(C(=O)/C=C/c3cccc(Cl)c3)C2)n1. The smallest absolute Gasteiger partial charge is 0.246 e. The maximum Gasteiger partial charge on any atom is 0.246 e. The van der Waals surface area contributed by atoms with Crippen LogP contribution in [0.15, 0.2) is 34.9 Å². The molecule has 1 aromatic heterocycles. The molecule has 0 radical (unpaired) electrons. The predicted molar refractivity (Wildman–Crippen MR) is 88.1 cm³/mol. The van der Waals surface area contributed by atoms with E-state index in [-0.39, 0.29) is 11.8 Å². The molecule has 6 heteroatoms. The molecule has 0 aliphatic carbocycles. The lowest BCUT2D eigenvalue weighted by atomic mass is 9.98. The zero-order valence-corrected chi connectivity index (χ0v) is 13.7. The Morgan fingerprint density at radius 1 is 1.48 bits per heavy atom. The van der Waals surface area contributed by atoms with E-state index in [1.807, 2.05) is 29.2 Å². The zero-order chi connectivity index (χ0) is 16.2. The molecular formula is C17H18ClN3O2. The highest BCUT2D eigenvalue weighted by atomic mass is 35.5. The predicted octanol–water partition coefficient (Wildman–Crippen LogP) is 3.45. The van der Waals surface area contributed by atoms with Crippen LogP contribution in [-0.4, -0.2) is 34.0 Å². The van der Waals surface area contributed by atoms with Crippen LogP contribution in [0, 0.1) is 6.92 Å². The second-order valence-electron chi connectivity index (χ2n) is 5.69. The molecule has 2 aromatic rings. The van der Waals surface area contributed by atoms with Gasteiger partial charge in [-0.2, -0.15) is 4.98 Å². The molecule has 0 saturated carbocycles. The minimum absolute atomic E-state index is 0.00841. The largest absolute Gasteiger partial charge is 0.339 e. The van der Waals surface area contributed by atoms with E-state index in [1.54, 1.807) is 19.1 Å². The Morgan fingerprint density at radius 3 is 3.09 bits per heavy atom. The molecule has 0 spiro atoms. The first kappa shape index (κ1) is 15.7. The number of nitrogens with zero attached hydrogens (tertiary/aromatic N) is 3. The fourth-order valence-corrected chi connectivity index (χ4v) is 2.94. The van der Waals surface area contributed by atoms with Gasteiger partial charge in [0.15, 0.2) is 5.82 Å². The van der Waals surface area contributed by atoms with Crippen molar-refractivity contribution in [2.24, 2.45) is 0 Å². The van der Waals surface area contributed by atoms with E-state index in [4.69, 9.17) is 16.1 Å². The van der Waals surface area contributed by atoms with Gasteiger partial charge in [-0.1, -0.05) is 28.9 Å². The van der Waals surface area contributed by atoms with E-state index in [2.05, 4.69) is 10.1 Å². The van der Waals surface area contributed by atoms with Crippen molar-refractivity contribution in [2.45, 2.75) is 25.7 Å². The van der Waals surface area contributed by atoms with Crippen molar-refractivity contribution in [1.29, 1.82) is 0 Å². The number of aromatic nitrogens is 2. The van der Waals surface area contributed by atoms with Crippen molar-refractivity contribution in [3.63, 3.8) is 0 Å². The monoisotopic (exact) mass is 331 g/mol. The molecule has 120 valence electrons. The topological polar surface area (TPSA) is 59.2 Å². The van der Waals surface area contributed by atoms with Crippen molar-refractivity contribution in [3.05, 3.63) is 52.6 Å². The standard InChI is InChI=1S/C17H18ClN3O2/c1-12-19-17(23-20-12)14-5-3-9-21(11-14)16(22)8-7-13-4-2-6-15(18)10-13/h2,4,6-8,10,14H,3,5,9,11H2,1H3/b8-7+. The summed E-state index contributed by atoms with van der Waals surface area (Å²) in [7, 11) is 0. The van der Waals surface area contributed by atoms with Gasteiger partial charge in [0.1, 0.15) is 0 Å². The van der Waals surface area contributed by atoms with Crippen molar-refractivity contribution in [1.82, 2.24) is 15.0 Å². The summed E-state index contributed by atoms with van der Waals surface area (Å²) in [6.45, 7) is 3.16. The van der Waals surface area contributed by atoms with Crippen molar-refractivity contribution in [3.8, 4) is 0 Å². The van der Waals surface area contributed by atoms with Crippen LogP contribution in [0.4, 0.5) is 0 Å². The molecule has 3 rings (SSSR count). The summed E-state index contributed by atoms with van der Waals surface area (Å²) in [5.41, 5.74) is 0.909. The van der Waals surface area contributed by atoms with Crippen molar-refractivity contribution >= 4 is 23.6 Å². The van der Waals surface area contributed by atoms with Crippen molar-refractivity contribution in [2.75, 3.05) is 13.1 Å². The molecular weight excluding hydrogens is 314 g/mol. The number of hydrogen-bond acceptors (Lipinski definition) is 4. The normalized spacial score (nSPS) is 18.5. The number of aryl methyl sites for hydroxylation is 1. The average Bonchev–Trinajstić information content (AvgIpc) is 2.99. The Bertz CT molecular complexity index is 726. The summed E-state index contributed by atoms with van der Waals surface area (Å²) in [6, 6.07) is 7.41. The van der Waals surface area contributed by atoms with E-state index < -0.39 is 0 Å². The number of benzene rings is 1. The number of amides is 1. The summed E-state index contributed by atoms with van der Waals surface area (Å²) in [5.74, 6) is 1.36. The van der Waals surface area contributed by atoms with Gasteiger partial charge in [0.2, 0.25) is 11.8 Å². The fraction of sp³-hybridized carbons (Fsp3) is 0.353. The number of piperidine rings is 1. The van der Waals surface area contributed by atoms with Crippen molar-refractivity contribution < 1.29 is 9.32 Å². The number of rotatable bonds is 3. The molecule has 1 aliphatic heterocycles. The number of carbonyl (C=O) groups excluding carboxylic acids is 1. The summed E-state index contributed by atoms with van der Waals surface area (Å²) in [6.07, 6.45) is 5.27. The van der Waals surface area contributed by atoms with E-state index in [1.165, 1.54) is 0 Å². The molecule has 1 atom stereocenters. The Labute approximate surface area is 139 Å².